The number of rotatable bonds is 5. The van der Waals surface area contributed by atoms with Crippen molar-refractivity contribution in [2.24, 2.45) is 11.8 Å². The maximum absolute atomic E-state index is 12.7. The molecule has 0 aliphatic carbocycles. The quantitative estimate of drug-likeness (QED) is 0.874. The van der Waals surface area contributed by atoms with E-state index in [1.807, 2.05) is 4.90 Å². The fourth-order valence-corrected chi connectivity index (χ4v) is 4.07. The molecule has 3 heterocycles. The van der Waals surface area contributed by atoms with E-state index in [1.165, 1.54) is 12.5 Å². The molecular weight excluding hydrogens is 330 g/mol. The van der Waals surface area contributed by atoms with Crippen molar-refractivity contribution in [2.75, 3.05) is 32.7 Å². The molecule has 2 fully saturated rings. The number of nitrogens with zero attached hydrogens (tertiary/aromatic N) is 2. The largest absolute Gasteiger partial charge is 0.472 e. The lowest BCUT2D eigenvalue weighted by Gasteiger charge is -2.35. The van der Waals surface area contributed by atoms with Gasteiger partial charge in [-0.05, 0) is 44.2 Å². The predicted octanol–water partition coefficient (Wildman–Crippen LogP) is 2.37. The van der Waals surface area contributed by atoms with Crippen LogP contribution in [0.4, 0.5) is 0 Å². The van der Waals surface area contributed by atoms with Gasteiger partial charge in [0.05, 0.1) is 17.7 Å². The zero-order chi connectivity index (χ0) is 18.5. The van der Waals surface area contributed by atoms with Crippen molar-refractivity contribution in [3.8, 4) is 0 Å². The van der Waals surface area contributed by atoms with Gasteiger partial charge in [-0.25, -0.2) is 0 Å². The standard InChI is InChI=1S/C20H31N3O3/c1-15(2)12-22-8-3-4-16(13-22)19(24)21-18-5-9-23(10-6-18)20(25)17-7-11-26-14-17/h7,11,14-16,18H,3-6,8-10,12-13H2,1-2H3,(H,21,24)/t16-/m1/s1. The number of amides is 2. The maximum atomic E-state index is 12.7. The van der Waals surface area contributed by atoms with Gasteiger partial charge in [0.15, 0.2) is 0 Å². The molecule has 2 saturated heterocycles. The average Bonchev–Trinajstić information content (AvgIpc) is 3.16. The fraction of sp³-hybridized carbons (Fsp3) is 0.700. The van der Waals surface area contributed by atoms with Crippen LogP contribution in [-0.4, -0.2) is 60.4 Å². The molecular formula is C20H31N3O3. The van der Waals surface area contributed by atoms with Crippen molar-refractivity contribution in [2.45, 2.75) is 45.6 Å². The third-order valence-corrected chi connectivity index (χ3v) is 5.40. The molecule has 2 aliphatic rings. The SMILES string of the molecule is CC(C)CN1CCC[C@@H](C(=O)NC2CCN(C(=O)c3ccoc3)CC2)C1. The second-order valence-corrected chi connectivity index (χ2v) is 8.08. The second-order valence-electron chi connectivity index (χ2n) is 8.08. The van der Waals surface area contributed by atoms with E-state index >= 15 is 0 Å². The first-order valence-electron chi connectivity index (χ1n) is 9.87. The molecule has 2 amide bonds. The number of carbonyl (C=O) groups excluding carboxylic acids is 2. The molecule has 0 bridgehead atoms. The van der Waals surface area contributed by atoms with E-state index in [2.05, 4.69) is 24.1 Å². The third kappa shape index (κ3) is 4.87. The van der Waals surface area contributed by atoms with E-state index in [0.29, 0.717) is 24.6 Å². The molecule has 0 saturated carbocycles. The van der Waals surface area contributed by atoms with Gasteiger partial charge in [-0.3, -0.25) is 9.59 Å². The Kier molecular flexibility index (Phi) is 6.35. The minimum Gasteiger partial charge on any atom is -0.472 e. The maximum Gasteiger partial charge on any atom is 0.257 e. The number of likely N-dealkylation sites (tertiary alicyclic amines) is 2. The van der Waals surface area contributed by atoms with Gasteiger partial charge in [0.2, 0.25) is 5.91 Å². The van der Waals surface area contributed by atoms with Gasteiger partial charge in [0.25, 0.3) is 5.91 Å². The highest BCUT2D eigenvalue weighted by Gasteiger charge is 2.29. The van der Waals surface area contributed by atoms with Crippen LogP contribution in [0.1, 0.15) is 49.9 Å². The van der Waals surface area contributed by atoms with Crippen LogP contribution in [0, 0.1) is 11.8 Å². The van der Waals surface area contributed by atoms with Crippen LogP contribution in [0.5, 0.6) is 0 Å². The van der Waals surface area contributed by atoms with Crippen molar-refractivity contribution in [1.29, 1.82) is 0 Å². The van der Waals surface area contributed by atoms with Crippen LogP contribution in [-0.2, 0) is 4.79 Å². The number of hydrogen-bond acceptors (Lipinski definition) is 4. The van der Waals surface area contributed by atoms with Crippen molar-refractivity contribution in [3.63, 3.8) is 0 Å². The summed E-state index contributed by atoms with van der Waals surface area (Å²) in [4.78, 5) is 29.3. The predicted molar refractivity (Wildman–Crippen MR) is 99.8 cm³/mol. The van der Waals surface area contributed by atoms with Crippen LogP contribution < -0.4 is 5.32 Å². The molecule has 144 valence electrons. The summed E-state index contributed by atoms with van der Waals surface area (Å²) in [5.41, 5.74) is 0.597. The Morgan fingerprint density at radius 2 is 2.00 bits per heavy atom. The highest BCUT2D eigenvalue weighted by molar-refractivity contribution is 5.93. The summed E-state index contributed by atoms with van der Waals surface area (Å²) in [6.07, 6.45) is 6.73. The molecule has 1 atom stereocenters. The minimum absolute atomic E-state index is 0.0140. The third-order valence-electron chi connectivity index (χ3n) is 5.40. The number of hydrogen-bond donors (Lipinski definition) is 1. The first-order valence-corrected chi connectivity index (χ1v) is 9.87. The van der Waals surface area contributed by atoms with Crippen LogP contribution in [0.3, 0.4) is 0 Å². The average molecular weight is 361 g/mol. The number of furan rings is 1. The van der Waals surface area contributed by atoms with E-state index in [9.17, 15) is 9.59 Å². The molecule has 0 aromatic carbocycles. The molecule has 3 rings (SSSR count). The Labute approximate surface area is 155 Å². The van der Waals surface area contributed by atoms with Crippen LogP contribution >= 0.6 is 0 Å². The van der Waals surface area contributed by atoms with E-state index in [0.717, 1.165) is 45.3 Å². The van der Waals surface area contributed by atoms with Crippen molar-refractivity contribution in [1.82, 2.24) is 15.1 Å². The summed E-state index contributed by atoms with van der Waals surface area (Å²) >= 11 is 0. The van der Waals surface area contributed by atoms with Gasteiger partial charge < -0.3 is 19.5 Å². The second kappa shape index (κ2) is 8.71. The molecule has 26 heavy (non-hydrogen) atoms. The summed E-state index contributed by atoms with van der Waals surface area (Å²) in [7, 11) is 0. The van der Waals surface area contributed by atoms with Gasteiger partial charge in [0, 0.05) is 32.2 Å². The fourth-order valence-electron chi connectivity index (χ4n) is 4.07. The molecule has 6 heteroatoms. The van der Waals surface area contributed by atoms with Crippen molar-refractivity contribution < 1.29 is 14.0 Å². The molecule has 1 aromatic heterocycles. The van der Waals surface area contributed by atoms with Crippen LogP contribution in [0.15, 0.2) is 23.0 Å². The van der Waals surface area contributed by atoms with Gasteiger partial charge in [-0.2, -0.15) is 0 Å². The number of carbonyl (C=O) groups is 2. The lowest BCUT2D eigenvalue weighted by atomic mass is 9.95. The Morgan fingerprint density at radius 3 is 2.65 bits per heavy atom. The van der Waals surface area contributed by atoms with Crippen LogP contribution in [0.25, 0.3) is 0 Å². The molecule has 2 aliphatic heterocycles. The number of piperidine rings is 2. The van der Waals surface area contributed by atoms with E-state index in [-0.39, 0.29) is 23.8 Å². The summed E-state index contributed by atoms with van der Waals surface area (Å²) in [5.74, 6) is 0.945. The van der Waals surface area contributed by atoms with Crippen molar-refractivity contribution in [3.05, 3.63) is 24.2 Å². The lowest BCUT2D eigenvalue weighted by Crippen LogP contribution is -2.50. The summed E-state index contributed by atoms with van der Waals surface area (Å²) in [6.45, 7) is 8.86. The molecule has 1 N–H and O–H groups in total. The Bertz CT molecular complexity index is 591. The monoisotopic (exact) mass is 361 g/mol. The Balaban J connectivity index is 1.44. The number of nitrogens with one attached hydrogen (secondary N) is 1. The summed E-state index contributed by atoms with van der Waals surface area (Å²) in [5, 5.41) is 3.23. The smallest absolute Gasteiger partial charge is 0.257 e. The zero-order valence-electron chi connectivity index (χ0n) is 15.9. The molecule has 1 aromatic rings. The first-order chi connectivity index (χ1) is 12.5. The van der Waals surface area contributed by atoms with Gasteiger partial charge in [0.1, 0.15) is 6.26 Å². The topological polar surface area (TPSA) is 65.8 Å². The van der Waals surface area contributed by atoms with Crippen LogP contribution in [0.2, 0.25) is 0 Å². The molecule has 0 radical (unpaired) electrons. The highest BCUT2D eigenvalue weighted by Crippen LogP contribution is 2.20. The van der Waals surface area contributed by atoms with E-state index < -0.39 is 0 Å². The van der Waals surface area contributed by atoms with E-state index in [1.54, 1.807) is 6.07 Å². The van der Waals surface area contributed by atoms with Gasteiger partial charge in [-0.1, -0.05) is 13.8 Å². The van der Waals surface area contributed by atoms with Gasteiger partial charge in [-0.15, -0.1) is 0 Å². The van der Waals surface area contributed by atoms with Crippen molar-refractivity contribution >= 4 is 11.8 Å². The summed E-state index contributed by atoms with van der Waals surface area (Å²) < 4.78 is 4.99. The van der Waals surface area contributed by atoms with Gasteiger partial charge >= 0.3 is 0 Å². The Hall–Kier alpha value is -1.82. The van der Waals surface area contributed by atoms with E-state index in [4.69, 9.17) is 4.42 Å². The molecule has 0 spiro atoms. The first kappa shape index (κ1) is 19.0. The molecule has 6 nitrogen and oxygen atoms in total. The lowest BCUT2D eigenvalue weighted by molar-refractivity contribution is -0.127. The minimum atomic E-state index is 0.0140. The Morgan fingerprint density at radius 1 is 1.23 bits per heavy atom. The molecule has 0 unspecified atom stereocenters. The highest BCUT2D eigenvalue weighted by atomic mass is 16.3. The summed E-state index contributed by atoms with van der Waals surface area (Å²) in [6, 6.07) is 1.87. The normalized spacial score (nSPS) is 22.6. The zero-order valence-corrected chi connectivity index (χ0v) is 15.9.